The Hall–Kier alpha value is -1.83. The minimum Gasteiger partial charge on any atom is -0.507 e. The summed E-state index contributed by atoms with van der Waals surface area (Å²) in [6, 6.07) is 20.2. The van der Waals surface area contributed by atoms with E-state index in [0.717, 1.165) is 29.5 Å². The van der Waals surface area contributed by atoms with Crippen LogP contribution < -0.4 is 0 Å². The number of hydrogen-bond acceptors (Lipinski definition) is 1. The van der Waals surface area contributed by atoms with Crippen molar-refractivity contribution >= 4 is 0 Å². The molecule has 1 aliphatic carbocycles. The molecule has 4 rings (SSSR count). The van der Waals surface area contributed by atoms with Crippen LogP contribution in [-0.2, 0) is 32.5 Å². The van der Waals surface area contributed by atoms with E-state index in [2.05, 4.69) is 110 Å². The van der Waals surface area contributed by atoms with Crippen molar-refractivity contribution in [1.82, 2.24) is 0 Å². The van der Waals surface area contributed by atoms with Crippen molar-refractivity contribution in [3.63, 3.8) is 0 Å². The SMILES string of the molecule is CCC(C)CC1(CC(C)C)c2ccccc2-c2ccc(-c3cc(C)cc(C(C)(C)C)c3O)cc21.[CH3-].[CH3-].[CH3-].[Ti+3]. The van der Waals surface area contributed by atoms with Crippen LogP contribution in [0.2, 0.25) is 0 Å². The van der Waals surface area contributed by atoms with Gasteiger partial charge in [-0.25, -0.2) is 0 Å². The fourth-order valence-electron chi connectivity index (χ4n) is 6.15. The number of aromatic hydroxyl groups is 1. The van der Waals surface area contributed by atoms with Crippen LogP contribution >= 0.6 is 0 Å². The molecule has 0 bridgehead atoms. The zero-order valence-electron chi connectivity index (χ0n) is 25.9. The van der Waals surface area contributed by atoms with E-state index in [0.29, 0.717) is 17.6 Å². The fraction of sp³-hybridized carbons (Fsp3) is 0.417. The summed E-state index contributed by atoms with van der Waals surface area (Å²) in [5.74, 6) is 1.65. The van der Waals surface area contributed by atoms with Crippen LogP contribution in [0.3, 0.4) is 0 Å². The third-order valence-corrected chi connectivity index (χ3v) is 7.79. The van der Waals surface area contributed by atoms with Gasteiger partial charge in [0, 0.05) is 16.5 Å². The van der Waals surface area contributed by atoms with Crippen molar-refractivity contribution < 1.29 is 26.8 Å². The average molecular weight is 548 g/mol. The molecule has 3 aromatic carbocycles. The van der Waals surface area contributed by atoms with Crippen molar-refractivity contribution in [3.05, 3.63) is 99.1 Å². The Bertz CT molecular complexity index is 1200. The van der Waals surface area contributed by atoms with Gasteiger partial charge in [0.2, 0.25) is 0 Å². The minimum atomic E-state index is -0.115. The van der Waals surface area contributed by atoms with Crippen molar-refractivity contribution in [2.75, 3.05) is 0 Å². The van der Waals surface area contributed by atoms with Gasteiger partial charge in [-0.05, 0) is 82.5 Å². The summed E-state index contributed by atoms with van der Waals surface area (Å²) in [5.41, 5.74) is 9.85. The maximum Gasteiger partial charge on any atom is 3.00 e. The second-order valence-electron chi connectivity index (χ2n) is 12.2. The second-order valence-corrected chi connectivity index (χ2v) is 12.2. The van der Waals surface area contributed by atoms with Crippen LogP contribution in [-0.4, -0.2) is 5.11 Å². The van der Waals surface area contributed by atoms with Gasteiger partial charge in [-0.3, -0.25) is 0 Å². The summed E-state index contributed by atoms with van der Waals surface area (Å²) in [4.78, 5) is 0. The van der Waals surface area contributed by atoms with Gasteiger partial charge in [-0.2, -0.15) is 0 Å². The van der Waals surface area contributed by atoms with Gasteiger partial charge in [-0.15, -0.1) is 0 Å². The zero-order chi connectivity index (χ0) is 24.8. The molecule has 2 atom stereocenters. The normalized spacial score (nSPS) is 16.2. The Morgan fingerprint density at radius 3 is 1.97 bits per heavy atom. The van der Waals surface area contributed by atoms with Crippen molar-refractivity contribution in [1.29, 1.82) is 0 Å². The van der Waals surface area contributed by atoms with Gasteiger partial charge in [0.15, 0.2) is 0 Å². The molecule has 0 fully saturated rings. The topological polar surface area (TPSA) is 20.2 Å². The molecular weight excluding hydrogens is 496 g/mol. The molecular formula is C36H51OTi. The summed E-state index contributed by atoms with van der Waals surface area (Å²) < 4.78 is 0. The quantitative estimate of drug-likeness (QED) is 0.240. The third-order valence-electron chi connectivity index (χ3n) is 7.79. The predicted octanol–water partition coefficient (Wildman–Crippen LogP) is 10.8. The molecule has 205 valence electrons. The number of phenolic OH excluding ortho intramolecular Hbond substituents is 1. The molecule has 1 radical (unpaired) electrons. The molecule has 0 saturated carbocycles. The van der Waals surface area contributed by atoms with Crippen LogP contribution in [0.5, 0.6) is 5.75 Å². The second kappa shape index (κ2) is 13.5. The molecule has 38 heavy (non-hydrogen) atoms. The van der Waals surface area contributed by atoms with E-state index in [-0.39, 0.29) is 54.8 Å². The van der Waals surface area contributed by atoms with Crippen LogP contribution in [0.4, 0.5) is 0 Å². The molecule has 1 aliphatic rings. The Kier molecular flexibility index (Phi) is 12.8. The molecule has 0 spiro atoms. The molecule has 3 aromatic rings. The van der Waals surface area contributed by atoms with Crippen molar-refractivity contribution in [2.24, 2.45) is 11.8 Å². The van der Waals surface area contributed by atoms with E-state index in [1.54, 1.807) is 0 Å². The van der Waals surface area contributed by atoms with Gasteiger partial charge >= 0.3 is 21.7 Å². The summed E-state index contributed by atoms with van der Waals surface area (Å²) in [6.07, 6.45) is 3.48. The average Bonchev–Trinajstić information content (AvgIpc) is 3.03. The maximum absolute atomic E-state index is 11.4. The van der Waals surface area contributed by atoms with Crippen LogP contribution in [0, 0.1) is 41.0 Å². The standard InChI is InChI=1S/C33H42O.3CH3.Ti/c1-9-22(4)20-33(19-21(2)3)28-13-11-10-12-25(28)26-15-14-24(18-29(26)33)27-16-23(5)17-30(31(27)34)32(6,7)8;;;;/h10-18,21-22,34H,9,19-20H2,1-8H3;3*1H3;/q;3*-1;+3. The van der Waals surface area contributed by atoms with E-state index >= 15 is 0 Å². The summed E-state index contributed by atoms with van der Waals surface area (Å²) in [6.45, 7) is 18.1. The molecule has 0 aliphatic heterocycles. The number of aryl methyl sites for hydroxylation is 1. The van der Waals surface area contributed by atoms with Gasteiger partial charge in [-0.1, -0.05) is 97.4 Å². The fourth-order valence-corrected chi connectivity index (χ4v) is 6.15. The van der Waals surface area contributed by atoms with E-state index in [1.807, 2.05) is 0 Å². The monoisotopic (exact) mass is 547 g/mol. The first-order valence-electron chi connectivity index (χ1n) is 13.1. The van der Waals surface area contributed by atoms with Gasteiger partial charge in [0.25, 0.3) is 0 Å². The first-order chi connectivity index (χ1) is 16.0. The zero-order valence-corrected chi connectivity index (χ0v) is 27.5. The summed E-state index contributed by atoms with van der Waals surface area (Å²) >= 11 is 0. The Labute approximate surface area is 250 Å². The van der Waals surface area contributed by atoms with Gasteiger partial charge < -0.3 is 27.4 Å². The Morgan fingerprint density at radius 2 is 1.39 bits per heavy atom. The summed E-state index contributed by atoms with van der Waals surface area (Å²) in [7, 11) is 0. The molecule has 2 unspecified atom stereocenters. The molecule has 1 nitrogen and oxygen atoms in total. The van der Waals surface area contributed by atoms with E-state index in [1.165, 1.54) is 34.2 Å². The third kappa shape index (κ3) is 6.48. The molecule has 0 amide bonds. The Balaban J connectivity index is 0.00000342. The maximum atomic E-state index is 11.4. The van der Waals surface area contributed by atoms with Gasteiger partial charge in [0.05, 0.1) is 0 Å². The number of fused-ring (bicyclic) bond motifs is 3. The van der Waals surface area contributed by atoms with Crippen LogP contribution in [0.1, 0.15) is 90.0 Å². The first-order valence-corrected chi connectivity index (χ1v) is 13.1. The molecule has 2 heteroatoms. The number of benzene rings is 3. The molecule has 0 heterocycles. The molecule has 1 N–H and O–H groups in total. The first kappa shape index (κ1) is 36.2. The minimum absolute atomic E-state index is 0. The Morgan fingerprint density at radius 1 is 0.789 bits per heavy atom. The number of phenols is 1. The molecule has 0 saturated heterocycles. The smallest absolute Gasteiger partial charge is 0.507 e. The predicted molar refractivity (Wildman–Crippen MR) is 166 cm³/mol. The largest absolute Gasteiger partial charge is 3.00 e. The van der Waals surface area contributed by atoms with Gasteiger partial charge in [0.1, 0.15) is 5.75 Å². The van der Waals surface area contributed by atoms with Crippen LogP contribution in [0.15, 0.2) is 54.6 Å². The van der Waals surface area contributed by atoms with E-state index in [9.17, 15) is 5.11 Å². The number of hydrogen-bond donors (Lipinski definition) is 1. The summed E-state index contributed by atoms with van der Waals surface area (Å²) in [5, 5.41) is 11.4. The van der Waals surface area contributed by atoms with Crippen molar-refractivity contribution in [3.8, 4) is 28.0 Å². The van der Waals surface area contributed by atoms with Crippen molar-refractivity contribution in [2.45, 2.75) is 85.5 Å². The molecule has 0 aromatic heterocycles. The van der Waals surface area contributed by atoms with Crippen LogP contribution in [0.25, 0.3) is 22.3 Å². The van der Waals surface area contributed by atoms with E-state index in [4.69, 9.17) is 0 Å². The van der Waals surface area contributed by atoms with E-state index < -0.39 is 0 Å². The number of rotatable bonds is 6.